The van der Waals surface area contributed by atoms with Gasteiger partial charge in [-0.3, -0.25) is 14.4 Å². The number of rotatable bonds is 5. The maximum Gasteiger partial charge on any atom is 0.308 e. The third kappa shape index (κ3) is 4.42. The molecule has 0 aromatic heterocycles. The third-order valence-electron chi connectivity index (χ3n) is 5.18. The van der Waals surface area contributed by atoms with Crippen LogP contribution in [0.4, 0.5) is 5.69 Å². The molecule has 0 spiro atoms. The van der Waals surface area contributed by atoms with Crippen molar-refractivity contribution in [2.45, 2.75) is 43.7 Å². The molecule has 1 aliphatic carbocycles. The van der Waals surface area contributed by atoms with E-state index in [1.165, 1.54) is 7.11 Å². The Morgan fingerprint density at radius 1 is 1.14 bits per heavy atom. The van der Waals surface area contributed by atoms with Gasteiger partial charge in [0, 0.05) is 28.4 Å². The van der Waals surface area contributed by atoms with Crippen LogP contribution in [0.3, 0.4) is 0 Å². The van der Waals surface area contributed by atoms with Crippen molar-refractivity contribution >= 4 is 46.7 Å². The van der Waals surface area contributed by atoms with E-state index in [0.29, 0.717) is 48.0 Å². The van der Waals surface area contributed by atoms with Crippen molar-refractivity contribution in [1.29, 1.82) is 0 Å². The number of nitrogens with one attached hydrogen (secondary N) is 2. The Balaban J connectivity index is 1.70. The van der Waals surface area contributed by atoms with Crippen LogP contribution in [0.1, 0.15) is 32.1 Å². The number of anilines is 1. The minimum absolute atomic E-state index is 0.203. The average Bonchev–Trinajstić information content (AvgIpc) is 3.30. The standard InChI is InChI=1S/C19H22Cl2N2O5/c1-27-16(24)11-3-4-14(7-11)22-17(25)19(5-2-6-28-19)18(26)23-15-9-12(20)8-13(21)10-15/h8-11,14H,2-7H2,1H3,(H,22,25)(H,23,26)/t11-,14+,19?/m1/s1. The molecule has 7 nitrogen and oxygen atoms in total. The quantitative estimate of drug-likeness (QED) is 0.555. The fourth-order valence-corrected chi connectivity index (χ4v) is 4.28. The minimum atomic E-state index is -1.61. The summed E-state index contributed by atoms with van der Waals surface area (Å²) < 4.78 is 10.4. The molecule has 28 heavy (non-hydrogen) atoms. The van der Waals surface area contributed by atoms with Gasteiger partial charge in [0.05, 0.1) is 13.0 Å². The summed E-state index contributed by atoms with van der Waals surface area (Å²) in [5.41, 5.74) is -1.23. The van der Waals surface area contributed by atoms with Crippen molar-refractivity contribution in [1.82, 2.24) is 5.32 Å². The summed E-state index contributed by atoms with van der Waals surface area (Å²) in [7, 11) is 1.35. The highest BCUT2D eigenvalue weighted by molar-refractivity contribution is 6.35. The molecule has 3 rings (SSSR count). The van der Waals surface area contributed by atoms with Crippen LogP contribution < -0.4 is 10.6 Å². The molecule has 1 saturated heterocycles. The number of ether oxygens (including phenoxy) is 2. The van der Waals surface area contributed by atoms with Gasteiger partial charge in [0.25, 0.3) is 11.8 Å². The summed E-state index contributed by atoms with van der Waals surface area (Å²) >= 11 is 11.9. The SMILES string of the molecule is COC(=O)[C@@H]1CC[C@H](NC(=O)C2(C(=O)Nc3cc(Cl)cc(Cl)c3)CCCO2)C1. The first-order chi connectivity index (χ1) is 13.3. The van der Waals surface area contributed by atoms with Crippen LogP contribution in [0.15, 0.2) is 18.2 Å². The lowest BCUT2D eigenvalue weighted by atomic mass is 9.96. The Kier molecular flexibility index (Phi) is 6.47. The molecular formula is C19H22Cl2N2O5. The number of amides is 2. The van der Waals surface area contributed by atoms with E-state index in [0.717, 1.165) is 0 Å². The number of halogens is 2. The second-order valence-electron chi connectivity index (χ2n) is 7.09. The van der Waals surface area contributed by atoms with Crippen molar-refractivity contribution < 1.29 is 23.9 Å². The average molecular weight is 429 g/mol. The highest BCUT2D eigenvalue weighted by Gasteiger charge is 2.50. The number of esters is 1. The van der Waals surface area contributed by atoms with Gasteiger partial charge in [-0.1, -0.05) is 23.2 Å². The fourth-order valence-electron chi connectivity index (χ4n) is 3.75. The molecule has 1 aliphatic heterocycles. The van der Waals surface area contributed by atoms with Gasteiger partial charge < -0.3 is 20.1 Å². The van der Waals surface area contributed by atoms with E-state index in [2.05, 4.69) is 10.6 Å². The lowest BCUT2D eigenvalue weighted by molar-refractivity contribution is -0.153. The van der Waals surface area contributed by atoms with E-state index >= 15 is 0 Å². The number of carbonyl (C=O) groups excluding carboxylic acids is 3. The number of benzene rings is 1. The van der Waals surface area contributed by atoms with Crippen molar-refractivity contribution in [3.05, 3.63) is 28.2 Å². The number of methoxy groups -OCH3 is 1. The Labute approximate surface area is 173 Å². The van der Waals surface area contributed by atoms with E-state index in [9.17, 15) is 14.4 Å². The molecule has 0 radical (unpaired) electrons. The molecule has 2 aliphatic rings. The summed E-state index contributed by atoms with van der Waals surface area (Å²) in [5.74, 6) is -1.58. The van der Waals surface area contributed by atoms with Crippen molar-refractivity contribution in [2.75, 3.05) is 19.0 Å². The topological polar surface area (TPSA) is 93.7 Å². The summed E-state index contributed by atoms with van der Waals surface area (Å²) in [5, 5.41) is 6.29. The molecule has 1 aromatic rings. The van der Waals surface area contributed by atoms with Gasteiger partial charge in [-0.15, -0.1) is 0 Å². The molecule has 152 valence electrons. The summed E-state index contributed by atoms with van der Waals surface area (Å²) in [6.45, 7) is 0.312. The smallest absolute Gasteiger partial charge is 0.308 e. The summed E-state index contributed by atoms with van der Waals surface area (Å²) in [6.07, 6.45) is 2.63. The van der Waals surface area contributed by atoms with Gasteiger partial charge in [-0.25, -0.2) is 0 Å². The molecule has 1 heterocycles. The van der Waals surface area contributed by atoms with Crippen LogP contribution in [0.5, 0.6) is 0 Å². The van der Waals surface area contributed by atoms with Crippen LogP contribution in [0, 0.1) is 5.92 Å². The lowest BCUT2D eigenvalue weighted by Gasteiger charge is -2.27. The Morgan fingerprint density at radius 3 is 2.46 bits per heavy atom. The fraction of sp³-hybridized carbons (Fsp3) is 0.526. The zero-order valence-corrected chi connectivity index (χ0v) is 16.9. The predicted octanol–water partition coefficient (Wildman–Crippen LogP) is 2.94. The van der Waals surface area contributed by atoms with Crippen molar-refractivity contribution in [3.8, 4) is 0 Å². The van der Waals surface area contributed by atoms with Crippen LogP contribution in [0.2, 0.25) is 10.0 Å². The van der Waals surface area contributed by atoms with Gasteiger partial charge in [-0.05, 0) is 50.3 Å². The maximum absolute atomic E-state index is 13.0. The highest BCUT2D eigenvalue weighted by atomic mass is 35.5. The van der Waals surface area contributed by atoms with Crippen LogP contribution in [-0.2, 0) is 23.9 Å². The van der Waals surface area contributed by atoms with Crippen LogP contribution in [0.25, 0.3) is 0 Å². The summed E-state index contributed by atoms with van der Waals surface area (Å²) in [4.78, 5) is 37.6. The molecule has 2 amide bonds. The van der Waals surface area contributed by atoms with Gasteiger partial charge in [-0.2, -0.15) is 0 Å². The molecule has 2 N–H and O–H groups in total. The molecule has 3 atom stereocenters. The minimum Gasteiger partial charge on any atom is -0.469 e. The first kappa shape index (κ1) is 20.9. The molecule has 1 unspecified atom stereocenters. The molecule has 9 heteroatoms. The maximum atomic E-state index is 13.0. The second kappa shape index (κ2) is 8.68. The van der Waals surface area contributed by atoms with Gasteiger partial charge in [0.15, 0.2) is 0 Å². The first-order valence-electron chi connectivity index (χ1n) is 9.14. The molecular weight excluding hydrogens is 407 g/mol. The Bertz CT molecular complexity index is 759. The molecule has 1 aromatic carbocycles. The number of hydrogen-bond acceptors (Lipinski definition) is 5. The highest BCUT2D eigenvalue weighted by Crippen LogP contribution is 2.32. The van der Waals surface area contributed by atoms with E-state index in [-0.39, 0.29) is 24.3 Å². The lowest BCUT2D eigenvalue weighted by Crippen LogP contribution is -2.56. The number of carbonyl (C=O) groups is 3. The van der Waals surface area contributed by atoms with E-state index in [1.54, 1.807) is 18.2 Å². The Morgan fingerprint density at radius 2 is 1.86 bits per heavy atom. The van der Waals surface area contributed by atoms with Crippen LogP contribution in [-0.4, -0.2) is 43.1 Å². The van der Waals surface area contributed by atoms with E-state index in [4.69, 9.17) is 32.7 Å². The zero-order valence-electron chi connectivity index (χ0n) is 15.4. The molecule has 1 saturated carbocycles. The normalized spacial score (nSPS) is 26.7. The van der Waals surface area contributed by atoms with E-state index < -0.39 is 17.4 Å². The van der Waals surface area contributed by atoms with Gasteiger partial charge >= 0.3 is 5.97 Å². The number of hydrogen-bond donors (Lipinski definition) is 2. The zero-order chi connectivity index (χ0) is 20.3. The molecule has 0 bridgehead atoms. The summed E-state index contributed by atoms with van der Waals surface area (Å²) in [6, 6.07) is 4.43. The third-order valence-corrected chi connectivity index (χ3v) is 5.61. The predicted molar refractivity (Wildman–Crippen MR) is 104 cm³/mol. The Hall–Kier alpha value is -1.83. The molecule has 2 fully saturated rings. The van der Waals surface area contributed by atoms with Gasteiger partial charge in [0.1, 0.15) is 0 Å². The first-order valence-corrected chi connectivity index (χ1v) is 9.90. The largest absolute Gasteiger partial charge is 0.469 e. The van der Waals surface area contributed by atoms with Crippen molar-refractivity contribution in [2.24, 2.45) is 5.92 Å². The van der Waals surface area contributed by atoms with Crippen molar-refractivity contribution in [3.63, 3.8) is 0 Å². The van der Waals surface area contributed by atoms with Crippen LogP contribution >= 0.6 is 23.2 Å². The second-order valence-corrected chi connectivity index (χ2v) is 7.97. The monoisotopic (exact) mass is 428 g/mol. The van der Waals surface area contributed by atoms with E-state index in [1.807, 2.05) is 0 Å². The van der Waals surface area contributed by atoms with Gasteiger partial charge in [0.2, 0.25) is 5.60 Å².